The highest BCUT2D eigenvalue weighted by Crippen LogP contribution is 2.17. The highest BCUT2D eigenvalue weighted by atomic mass is 32.2. The van der Waals surface area contributed by atoms with E-state index in [9.17, 15) is 13.2 Å². The van der Waals surface area contributed by atoms with Gasteiger partial charge in [0.1, 0.15) is 0 Å². The molecule has 1 rings (SSSR count). The average Bonchev–Trinajstić information content (AvgIpc) is 2.59. The van der Waals surface area contributed by atoms with Crippen molar-refractivity contribution in [2.45, 2.75) is 19.4 Å². The van der Waals surface area contributed by atoms with Crippen LogP contribution in [0.1, 0.15) is 13.3 Å². The molecule has 0 aromatic carbocycles. The molecule has 1 aliphatic rings. The van der Waals surface area contributed by atoms with Crippen LogP contribution in [0.2, 0.25) is 0 Å². The summed E-state index contributed by atoms with van der Waals surface area (Å²) in [5, 5.41) is 0. The Kier molecular flexibility index (Phi) is 4.70. The summed E-state index contributed by atoms with van der Waals surface area (Å²) in [5.41, 5.74) is 0.360. The first-order valence-electron chi connectivity index (χ1n) is 5.61. The summed E-state index contributed by atoms with van der Waals surface area (Å²) in [5.74, 6) is -0.0202. The predicted molar refractivity (Wildman–Crippen MR) is 65.5 cm³/mol. The minimum atomic E-state index is -2.89. The summed E-state index contributed by atoms with van der Waals surface area (Å²) in [7, 11) is -1.09. The van der Waals surface area contributed by atoms with Crippen molar-refractivity contribution < 1.29 is 17.9 Å². The summed E-state index contributed by atoms with van der Waals surface area (Å²) >= 11 is 0. The lowest BCUT2D eigenvalue weighted by molar-refractivity contribution is -0.138. The maximum atomic E-state index is 11.4. The third-order valence-electron chi connectivity index (χ3n) is 2.84. The van der Waals surface area contributed by atoms with Gasteiger partial charge >= 0.3 is 5.97 Å². The minimum Gasteiger partial charge on any atom is -0.463 e. The molecular formula is C11H19NO4S. The van der Waals surface area contributed by atoms with E-state index >= 15 is 0 Å². The highest BCUT2D eigenvalue weighted by Gasteiger charge is 2.31. The number of carbonyl (C=O) groups is 1. The minimum absolute atomic E-state index is 0.0221. The third-order valence-corrected chi connectivity index (χ3v) is 4.59. The molecule has 17 heavy (non-hydrogen) atoms. The monoisotopic (exact) mass is 261 g/mol. The molecule has 0 spiro atoms. The fourth-order valence-corrected chi connectivity index (χ4v) is 3.66. The smallest absolute Gasteiger partial charge is 0.334 e. The van der Waals surface area contributed by atoms with E-state index in [1.165, 1.54) is 0 Å². The number of likely N-dealkylation sites (N-methyl/N-ethyl adjacent to an activating group) is 1. The largest absolute Gasteiger partial charge is 0.463 e. The van der Waals surface area contributed by atoms with Crippen LogP contribution in [0.3, 0.4) is 0 Å². The molecule has 5 nitrogen and oxygen atoms in total. The van der Waals surface area contributed by atoms with Crippen LogP contribution in [-0.2, 0) is 19.4 Å². The van der Waals surface area contributed by atoms with Gasteiger partial charge in [-0.05, 0) is 20.4 Å². The Balaban J connectivity index is 2.47. The Morgan fingerprint density at radius 3 is 2.65 bits per heavy atom. The first-order valence-corrected chi connectivity index (χ1v) is 7.43. The molecule has 0 aromatic heterocycles. The zero-order chi connectivity index (χ0) is 13.1. The number of sulfone groups is 1. The van der Waals surface area contributed by atoms with Crippen molar-refractivity contribution in [1.82, 2.24) is 4.90 Å². The normalized spacial score (nSPS) is 22.6. The predicted octanol–water partition coefficient (Wildman–Crippen LogP) is 0.225. The summed E-state index contributed by atoms with van der Waals surface area (Å²) < 4.78 is 27.5. The van der Waals surface area contributed by atoms with Gasteiger partial charge in [-0.25, -0.2) is 13.2 Å². The second-order valence-electron chi connectivity index (χ2n) is 4.30. The van der Waals surface area contributed by atoms with Crippen LogP contribution in [0.5, 0.6) is 0 Å². The first-order chi connectivity index (χ1) is 7.85. The Bertz CT molecular complexity index is 402. The van der Waals surface area contributed by atoms with Crippen LogP contribution in [0, 0.1) is 0 Å². The molecule has 1 fully saturated rings. The highest BCUT2D eigenvalue weighted by molar-refractivity contribution is 7.91. The molecule has 6 heteroatoms. The summed E-state index contributed by atoms with van der Waals surface area (Å²) in [6, 6.07) is -0.0221. The van der Waals surface area contributed by atoms with Gasteiger partial charge in [-0.3, -0.25) is 4.90 Å². The van der Waals surface area contributed by atoms with Gasteiger partial charge in [-0.1, -0.05) is 6.58 Å². The van der Waals surface area contributed by atoms with Gasteiger partial charge in [0.25, 0.3) is 0 Å². The molecule has 0 radical (unpaired) electrons. The molecule has 1 heterocycles. The molecule has 1 atom stereocenters. The van der Waals surface area contributed by atoms with Crippen molar-refractivity contribution in [2.24, 2.45) is 0 Å². The number of nitrogens with zero attached hydrogens (tertiary/aromatic N) is 1. The zero-order valence-corrected chi connectivity index (χ0v) is 11.1. The Morgan fingerprint density at radius 2 is 2.18 bits per heavy atom. The maximum absolute atomic E-state index is 11.4. The molecule has 0 N–H and O–H groups in total. The fourth-order valence-electron chi connectivity index (χ4n) is 1.85. The SMILES string of the molecule is C=C(CN(C)C1CCS(=O)(=O)C1)C(=O)OCC. The number of hydrogen-bond donors (Lipinski definition) is 0. The van der Waals surface area contributed by atoms with Crippen molar-refractivity contribution in [2.75, 3.05) is 31.7 Å². The molecule has 0 aromatic rings. The molecule has 1 saturated heterocycles. The lowest BCUT2D eigenvalue weighted by Gasteiger charge is -2.23. The van der Waals surface area contributed by atoms with Crippen LogP contribution in [0.4, 0.5) is 0 Å². The molecule has 0 aliphatic carbocycles. The first kappa shape index (κ1) is 14.2. The lowest BCUT2D eigenvalue weighted by atomic mass is 10.2. The van der Waals surface area contributed by atoms with E-state index in [4.69, 9.17) is 4.74 Å². The van der Waals surface area contributed by atoms with Gasteiger partial charge in [0.2, 0.25) is 0 Å². The van der Waals surface area contributed by atoms with Gasteiger partial charge in [0.15, 0.2) is 9.84 Å². The molecular weight excluding hydrogens is 242 g/mol. The Hall–Kier alpha value is -0.880. The van der Waals surface area contributed by atoms with Gasteiger partial charge in [-0.2, -0.15) is 0 Å². The van der Waals surface area contributed by atoms with E-state index in [0.29, 0.717) is 25.1 Å². The standard InChI is InChI=1S/C11H19NO4S/c1-4-16-11(13)9(2)7-12(3)10-5-6-17(14,15)8-10/h10H,2,4-8H2,1,3H3. The molecule has 0 bridgehead atoms. The second-order valence-corrected chi connectivity index (χ2v) is 6.52. The molecule has 0 amide bonds. The van der Waals surface area contributed by atoms with Gasteiger partial charge in [0, 0.05) is 18.2 Å². The van der Waals surface area contributed by atoms with E-state index < -0.39 is 15.8 Å². The Morgan fingerprint density at radius 1 is 1.53 bits per heavy atom. The molecule has 98 valence electrons. The molecule has 0 saturated carbocycles. The quantitative estimate of drug-likeness (QED) is 0.523. The van der Waals surface area contributed by atoms with Crippen molar-refractivity contribution in [3.05, 3.63) is 12.2 Å². The van der Waals surface area contributed by atoms with E-state index in [0.717, 1.165) is 0 Å². The number of carbonyl (C=O) groups excluding carboxylic acids is 1. The summed E-state index contributed by atoms with van der Waals surface area (Å²) in [6.45, 7) is 6.05. The van der Waals surface area contributed by atoms with E-state index in [1.807, 2.05) is 4.90 Å². The fraction of sp³-hybridized carbons (Fsp3) is 0.727. The van der Waals surface area contributed by atoms with Crippen LogP contribution in [-0.4, -0.2) is 57.0 Å². The number of rotatable bonds is 5. The number of esters is 1. The molecule has 1 aliphatic heterocycles. The van der Waals surface area contributed by atoms with Crippen LogP contribution < -0.4 is 0 Å². The maximum Gasteiger partial charge on any atom is 0.334 e. The Labute approximate surface area is 102 Å². The van der Waals surface area contributed by atoms with Crippen molar-refractivity contribution in [1.29, 1.82) is 0 Å². The van der Waals surface area contributed by atoms with Gasteiger partial charge in [-0.15, -0.1) is 0 Å². The van der Waals surface area contributed by atoms with Crippen LogP contribution in [0.25, 0.3) is 0 Å². The zero-order valence-electron chi connectivity index (χ0n) is 10.3. The van der Waals surface area contributed by atoms with Crippen LogP contribution >= 0.6 is 0 Å². The molecule has 1 unspecified atom stereocenters. The number of hydrogen-bond acceptors (Lipinski definition) is 5. The topological polar surface area (TPSA) is 63.7 Å². The van der Waals surface area contributed by atoms with Crippen molar-refractivity contribution in [3.8, 4) is 0 Å². The summed E-state index contributed by atoms with van der Waals surface area (Å²) in [4.78, 5) is 13.2. The lowest BCUT2D eigenvalue weighted by Crippen LogP contribution is -2.35. The summed E-state index contributed by atoms with van der Waals surface area (Å²) in [6.07, 6.45) is 0.620. The van der Waals surface area contributed by atoms with E-state index in [1.54, 1.807) is 14.0 Å². The average molecular weight is 261 g/mol. The van der Waals surface area contributed by atoms with Crippen LogP contribution in [0.15, 0.2) is 12.2 Å². The third kappa shape index (κ3) is 4.12. The van der Waals surface area contributed by atoms with E-state index in [-0.39, 0.29) is 17.5 Å². The number of ether oxygens (including phenoxy) is 1. The van der Waals surface area contributed by atoms with E-state index in [2.05, 4.69) is 6.58 Å². The second kappa shape index (κ2) is 5.64. The van der Waals surface area contributed by atoms with Gasteiger partial charge < -0.3 is 4.74 Å². The van der Waals surface area contributed by atoms with Crippen molar-refractivity contribution in [3.63, 3.8) is 0 Å². The van der Waals surface area contributed by atoms with Gasteiger partial charge in [0.05, 0.1) is 18.1 Å². The van der Waals surface area contributed by atoms with Crippen molar-refractivity contribution >= 4 is 15.8 Å².